The molecule has 1 aromatic rings. The molecule has 0 aliphatic heterocycles. The van der Waals surface area contributed by atoms with Gasteiger partial charge in [-0.05, 0) is 6.92 Å². The molecule has 2 N–H and O–H groups in total. The molecular weight excluding hydrogens is 140 g/mol. The van der Waals surface area contributed by atoms with Gasteiger partial charge in [-0.15, -0.1) is 0 Å². The summed E-state index contributed by atoms with van der Waals surface area (Å²) < 4.78 is 18.8. The first-order chi connectivity index (χ1) is 4.22. The second-order valence-electron chi connectivity index (χ2n) is 1.61. The highest BCUT2D eigenvalue weighted by atomic mass is 32.2. The van der Waals surface area contributed by atoms with Crippen LogP contribution < -0.4 is 0 Å². The monoisotopic (exact) mass is 146 g/mol. The molecular formula is C4H6N2O2S. The number of aryl methyl sites for hydroxylation is 1. The van der Waals surface area contributed by atoms with Gasteiger partial charge in [-0.3, -0.25) is 5.10 Å². The average molecular weight is 146 g/mol. The molecule has 50 valence electrons. The van der Waals surface area contributed by atoms with E-state index in [2.05, 4.69) is 10.2 Å². The zero-order valence-corrected chi connectivity index (χ0v) is 5.60. The van der Waals surface area contributed by atoms with Gasteiger partial charge in [-0.1, -0.05) is 0 Å². The quantitative estimate of drug-likeness (QED) is 0.560. The van der Waals surface area contributed by atoms with Gasteiger partial charge in [0.2, 0.25) is 0 Å². The van der Waals surface area contributed by atoms with Crippen LogP contribution in [0.25, 0.3) is 0 Å². The molecule has 1 aromatic heterocycles. The summed E-state index contributed by atoms with van der Waals surface area (Å²) in [4.78, 5) is 0.343. The third kappa shape index (κ3) is 1.17. The predicted octanol–water partition coefficient (Wildman–Crippen LogP) is 0.299. The summed E-state index contributed by atoms with van der Waals surface area (Å²) >= 11 is -1.90. The van der Waals surface area contributed by atoms with Gasteiger partial charge in [-0.2, -0.15) is 5.10 Å². The summed E-state index contributed by atoms with van der Waals surface area (Å²) in [5, 5.41) is 6.11. The number of H-pyrrole nitrogens is 1. The van der Waals surface area contributed by atoms with E-state index in [4.69, 9.17) is 4.55 Å². The van der Waals surface area contributed by atoms with Gasteiger partial charge in [0, 0.05) is 0 Å². The first kappa shape index (κ1) is 6.44. The van der Waals surface area contributed by atoms with E-state index in [0.29, 0.717) is 10.6 Å². The molecule has 0 saturated carbocycles. The topological polar surface area (TPSA) is 66.0 Å². The maximum absolute atomic E-state index is 10.3. The Morgan fingerprint density at radius 3 is 2.78 bits per heavy atom. The molecule has 0 bridgehead atoms. The Morgan fingerprint density at radius 2 is 2.56 bits per heavy atom. The summed E-state index contributed by atoms with van der Waals surface area (Å²) in [6, 6.07) is 0. The van der Waals surface area contributed by atoms with Crippen molar-refractivity contribution in [1.29, 1.82) is 0 Å². The normalized spacial score (nSPS) is 13.6. The van der Waals surface area contributed by atoms with Crippen molar-refractivity contribution >= 4 is 11.1 Å². The van der Waals surface area contributed by atoms with E-state index in [9.17, 15) is 4.21 Å². The van der Waals surface area contributed by atoms with Crippen molar-refractivity contribution in [3.8, 4) is 0 Å². The second-order valence-corrected chi connectivity index (χ2v) is 2.55. The van der Waals surface area contributed by atoms with Crippen LogP contribution in [0, 0.1) is 6.92 Å². The molecule has 0 aliphatic carbocycles. The minimum atomic E-state index is -1.90. The first-order valence-electron chi connectivity index (χ1n) is 2.32. The number of aromatic amines is 1. The number of aromatic nitrogens is 2. The molecule has 0 amide bonds. The number of nitrogens with zero attached hydrogens (tertiary/aromatic N) is 1. The standard InChI is InChI=1S/C4H6N2O2S/c1-3-4(9(7)8)2-5-6-3/h2H,1H3,(H,5,6)(H,7,8). The fourth-order valence-electron chi connectivity index (χ4n) is 0.516. The summed E-state index contributed by atoms with van der Waals surface area (Å²) in [5.74, 6) is 0. The highest BCUT2D eigenvalue weighted by Crippen LogP contribution is 2.05. The SMILES string of the molecule is Cc1[nH]ncc1S(=O)O. The lowest BCUT2D eigenvalue weighted by Gasteiger charge is -1.86. The summed E-state index contributed by atoms with van der Waals surface area (Å²) in [6.45, 7) is 1.69. The van der Waals surface area contributed by atoms with Gasteiger partial charge in [-0.25, -0.2) is 4.21 Å². The molecule has 0 aromatic carbocycles. The average Bonchev–Trinajstić information content (AvgIpc) is 2.13. The number of hydrogen-bond donors (Lipinski definition) is 2. The Morgan fingerprint density at radius 1 is 1.89 bits per heavy atom. The lowest BCUT2D eigenvalue weighted by atomic mass is 10.5. The third-order valence-corrected chi connectivity index (χ3v) is 1.76. The van der Waals surface area contributed by atoms with E-state index in [-0.39, 0.29) is 0 Å². The smallest absolute Gasteiger partial charge is 0.190 e. The van der Waals surface area contributed by atoms with E-state index in [0.717, 1.165) is 0 Å². The molecule has 1 atom stereocenters. The highest BCUT2D eigenvalue weighted by Gasteiger charge is 2.03. The Bertz CT molecular complexity index is 232. The summed E-state index contributed by atoms with van der Waals surface area (Å²) in [5.41, 5.74) is 0.635. The van der Waals surface area contributed by atoms with Gasteiger partial charge in [0.25, 0.3) is 0 Å². The van der Waals surface area contributed by atoms with Crippen LogP contribution in [-0.2, 0) is 11.1 Å². The second kappa shape index (κ2) is 2.28. The molecule has 4 nitrogen and oxygen atoms in total. The highest BCUT2D eigenvalue weighted by molar-refractivity contribution is 7.79. The number of hydrogen-bond acceptors (Lipinski definition) is 2. The van der Waals surface area contributed by atoms with E-state index < -0.39 is 11.1 Å². The molecule has 1 heterocycles. The maximum atomic E-state index is 10.3. The minimum Gasteiger partial charge on any atom is -0.302 e. The van der Waals surface area contributed by atoms with Gasteiger partial charge < -0.3 is 4.55 Å². The molecule has 1 rings (SSSR count). The van der Waals surface area contributed by atoms with Crippen molar-refractivity contribution in [2.45, 2.75) is 11.8 Å². The predicted molar refractivity (Wildman–Crippen MR) is 32.4 cm³/mol. The van der Waals surface area contributed by atoms with Crippen LogP contribution in [0.1, 0.15) is 5.69 Å². The molecule has 1 unspecified atom stereocenters. The van der Waals surface area contributed by atoms with Gasteiger partial charge in [0.05, 0.1) is 11.9 Å². The fraction of sp³-hybridized carbons (Fsp3) is 0.250. The van der Waals surface area contributed by atoms with Crippen LogP contribution in [0.15, 0.2) is 11.1 Å². The van der Waals surface area contributed by atoms with Crippen molar-refractivity contribution < 1.29 is 8.76 Å². The van der Waals surface area contributed by atoms with E-state index in [1.165, 1.54) is 6.20 Å². The first-order valence-corrected chi connectivity index (χ1v) is 3.43. The van der Waals surface area contributed by atoms with Gasteiger partial charge in [0.15, 0.2) is 11.1 Å². The van der Waals surface area contributed by atoms with Gasteiger partial charge >= 0.3 is 0 Å². The number of rotatable bonds is 1. The summed E-state index contributed by atoms with van der Waals surface area (Å²) in [7, 11) is 0. The van der Waals surface area contributed by atoms with E-state index in [1.54, 1.807) is 6.92 Å². The molecule has 0 fully saturated rings. The number of nitrogens with one attached hydrogen (secondary N) is 1. The van der Waals surface area contributed by atoms with Crippen molar-refractivity contribution in [3.63, 3.8) is 0 Å². The molecule has 5 heteroatoms. The van der Waals surface area contributed by atoms with Crippen molar-refractivity contribution in [3.05, 3.63) is 11.9 Å². The minimum absolute atomic E-state index is 0.343. The van der Waals surface area contributed by atoms with Crippen LogP contribution in [0.2, 0.25) is 0 Å². The Labute approximate surface area is 54.6 Å². The lowest BCUT2D eigenvalue weighted by Crippen LogP contribution is -1.87. The molecule has 0 saturated heterocycles. The summed E-state index contributed by atoms with van der Waals surface area (Å²) in [6.07, 6.45) is 1.34. The zero-order valence-electron chi connectivity index (χ0n) is 4.79. The van der Waals surface area contributed by atoms with Crippen LogP contribution in [0.5, 0.6) is 0 Å². The van der Waals surface area contributed by atoms with E-state index in [1.807, 2.05) is 0 Å². The molecule has 9 heavy (non-hydrogen) atoms. The third-order valence-electron chi connectivity index (χ3n) is 0.972. The van der Waals surface area contributed by atoms with Crippen LogP contribution in [0.4, 0.5) is 0 Å². The van der Waals surface area contributed by atoms with Crippen LogP contribution in [0.3, 0.4) is 0 Å². The molecule has 0 spiro atoms. The lowest BCUT2D eigenvalue weighted by molar-refractivity contribution is 0.564. The largest absolute Gasteiger partial charge is 0.302 e. The fourth-order valence-corrected chi connectivity index (χ4v) is 0.966. The maximum Gasteiger partial charge on any atom is 0.190 e. The van der Waals surface area contributed by atoms with Crippen molar-refractivity contribution in [1.82, 2.24) is 10.2 Å². The van der Waals surface area contributed by atoms with Gasteiger partial charge in [0.1, 0.15) is 4.90 Å². The van der Waals surface area contributed by atoms with Crippen LogP contribution in [-0.4, -0.2) is 19.0 Å². The zero-order chi connectivity index (χ0) is 6.85. The Kier molecular flexibility index (Phi) is 1.63. The molecule has 0 radical (unpaired) electrons. The van der Waals surface area contributed by atoms with Crippen molar-refractivity contribution in [2.75, 3.05) is 0 Å². The van der Waals surface area contributed by atoms with Crippen molar-refractivity contribution in [2.24, 2.45) is 0 Å². The van der Waals surface area contributed by atoms with E-state index >= 15 is 0 Å². The molecule has 0 aliphatic rings. The Balaban J connectivity index is 3.08. The Hall–Kier alpha value is -0.680. The van der Waals surface area contributed by atoms with Crippen LogP contribution >= 0.6 is 0 Å².